The summed E-state index contributed by atoms with van der Waals surface area (Å²) in [5, 5.41) is 0. The zero-order valence-corrected chi connectivity index (χ0v) is 33.6. The van der Waals surface area contributed by atoms with Gasteiger partial charge in [0.2, 0.25) is 0 Å². The summed E-state index contributed by atoms with van der Waals surface area (Å²) in [6.07, 6.45) is 2.02. The van der Waals surface area contributed by atoms with Crippen molar-refractivity contribution in [2.75, 3.05) is 9.80 Å². The molecule has 0 radical (unpaired) electrons. The number of pyridine rings is 2. The quantitative estimate of drug-likeness (QED) is 0.139. The molecule has 0 spiro atoms. The molecule has 4 nitrogen and oxygen atoms in total. The number of fused-ring (bicyclic) bond motifs is 2. The van der Waals surface area contributed by atoms with Crippen molar-refractivity contribution >= 4 is 22.7 Å². The molecular formula is C49H56N4+2. The molecule has 0 atom stereocenters. The highest BCUT2D eigenvalue weighted by Gasteiger charge is 2.29. The summed E-state index contributed by atoms with van der Waals surface area (Å²) in [4.78, 5) is 5.03. The molecule has 0 aliphatic carbocycles. The largest absolute Gasteiger partial charge is 0.334 e. The predicted molar refractivity (Wildman–Crippen MR) is 221 cm³/mol. The van der Waals surface area contributed by atoms with Gasteiger partial charge < -0.3 is 9.80 Å². The Morgan fingerprint density at radius 3 is 1.45 bits per heavy atom. The van der Waals surface area contributed by atoms with E-state index in [-0.39, 0.29) is 0 Å². The molecule has 6 aromatic rings. The molecule has 4 heteroatoms. The van der Waals surface area contributed by atoms with E-state index in [1.807, 2.05) is 0 Å². The van der Waals surface area contributed by atoms with E-state index in [0.717, 1.165) is 32.5 Å². The number of nitrogens with zero attached hydrogens (tertiary/aromatic N) is 4. The second-order valence-electron chi connectivity index (χ2n) is 15.5. The average molecular weight is 701 g/mol. The van der Waals surface area contributed by atoms with Crippen LogP contribution < -0.4 is 18.9 Å². The van der Waals surface area contributed by atoms with E-state index in [2.05, 4.69) is 185 Å². The van der Waals surface area contributed by atoms with Crippen molar-refractivity contribution in [2.45, 2.75) is 94.8 Å². The molecular weight excluding hydrogens is 645 g/mol. The molecule has 0 fully saturated rings. The number of rotatable bonds is 9. The predicted octanol–water partition coefficient (Wildman–Crippen LogP) is 10.5. The lowest BCUT2D eigenvalue weighted by molar-refractivity contribution is -0.700. The van der Waals surface area contributed by atoms with Crippen molar-refractivity contribution in [1.82, 2.24) is 0 Å². The van der Waals surface area contributed by atoms with Gasteiger partial charge in [0, 0.05) is 69.6 Å². The first-order valence-corrected chi connectivity index (χ1v) is 19.3. The van der Waals surface area contributed by atoms with Gasteiger partial charge in [-0.05, 0) is 104 Å². The Kier molecular flexibility index (Phi) is 10.00. The van der Waals surface area contributed by atoms with Gasteiger partial charge in [-0.2, -0.15) is 4.57 Å². The van der Waals surface area contributed by atoms with E-state index < -0.39 is 0 Å². The molecule has 0 N–H and O–H groups in total. The summed E-state index contributed by atoms with van der Waals surface area (Å²) in [5.74, 6) is 0. The average Bonchev–Trinajstić information content (AvgIpc) is 3.15. The monoisotopic (exact) mass is 700 g/mol. The summed E-state index contributed by atoms with van der Waals surface area (Å²) in [6, 6.07) is 37.0. The van der Waals surface area contributed by atoms with Gasteiger partial charge in [-0.15, -0.1) is 0 Å². The van der Waals surface area contributed by atoms with Gasteiger partial charge >= 0.3 is 0 Å². The molecule has 1 aliphatic heterocycles. The van der Waals surface area contributed by atoms with E-state index in [1.54, 1.807) is 0 Å². The third kappa shape index (κ3) is 7.12. The van der Waals surface area contributed by atoms with Gasteiger partial charge in [-0.25, -0.2) is 4.57 Å². The zero-order chi connectivity index (χ0) is 37.6. The van der Waals surface area contributed by atoms with E-state index >= 15 is 0 Å². The maximum atomic E-state index is 2.52. The Morgan fingerprint density at radius 1 is 0.472 bits per heavy atom. The van der Waals surface area contributed by atoms with Crippen LogP contribution in [0.1, 0.15) is 85.3 Å². The van der Waals surface area contributed by atoms with Crippen LogP contribution in [0, 0.1) is 55.4 Å². The molecule has 0 unspecified atom stereocenters. The zero-order valence-electron chi connectivity index (χ0n) is 33.6. The standard InChI is InChI=1S/C49H56N4/c1-11-40-14-16-42(17-15-40)31-53-48-24-32(2)12-22-46(48)52(47-23-13-33(3)25-49(47)53)30-43-20-18-41(19-21-43)29-51-35(5)27-45(37(7)39(51)9)28-44-26-34(4)50(10)38(8)36(44)6/h12-27H,11,28-31H2,1-10H3/q+2. The number of hydrogen-bond acceptors (Lipinski definition) is 2. The molecule has 7 rings (SSSR count). The van der Waals surface area contributed by atoms with Crippen LogP contribution in [0.4, 0.5) is 22.7 Å². The lowest BCUT2D eigenvalue weighted by Crippen LogP contribution is -2.42. The molecule has 2 aromatic heterocycles. The minimum Gasteiger partial charge on any atom is -0.334 e. The third-order valence-corrected chi connectivity index (χ3v) is 12.0. The summed E-state index contributed by atoms with van der Waals surface area (Å²) in [6.45, 7) is 22.7. The van der Waals surface area contributed by atoms with Crippen LogP contribution >= 0.6 is 0 Å². The van der Waals surface area contributed by atoms with E-state index in [9.17, 15) is 0 Å². The van der Waals surface area contributed by atoms with Crippen LogP contribution in [0.15, 0.2) is 97.1 Å². The fourth-order valence-corrected chi connectivity index (χ4v) is 8.09. The molecule has 53 heavy (non-hydrogen) atoms. The maximum absolute atomic E-state index is 2.52. The molecule has 0 bridgehead atoms. The number of aryl methyl sites for hydroxylation is 5. The number of aromatic nitrogens is 2. The molecule has 0 saturated heterocycles. The maximum Gasteiger partial charge on any atom is 0.181 e. The van der Waals surface area contributed by atoms with Gasteiger partial charge in [0.25, 0.3) is 0 Å². The van der Waals surface area contributed by atoms with Crippen LogP contribution in [-0.2, 0) is 39.5 Å². The normalized spacial score (nSPS) is 12.3. The van der Waals surface area contributed by atoms with E-state index in [4.69, 9.17) is 0 Å². The summed E-state index contributed by atoms with van der Waals surface area (Å²) < 4.78 is 4.77. The first-order chi connectivity index (χ1) is 25.4. The van der Waals surface area contributed by atoms with Gasteiger partial charge in [0.1, 0.15) is 7.05 Å². The minimum absolute atomic E-state index is 0.806. The summed E-state index contributed by atoms with van der Waals surface area (Å²) in [7, 11) is 2.16. The van der Waals surface area contributed by atoms with Crippen LogP contribution in [0.5, 0.6) is 0 Å². The van der Waals surface area contributed by atoms with Crippen molar-refractivity contribution < 1.29 is 9.13 Å². The van der Waals surface area contributed by atoms with Gasteiger partial charge in [0.15, 0.2) is 29.3 Å². The topological polar surface area (TPSA) is 14.2 Å². The Balaban J connectivity index is 1.14. The van der Waals surface area contributed by atoms with E-state index in [1.165, 1.54) is 101 Å². The van der Waals surface area contributed by atoms with Gasteiger partial charge in [-0.1, -0.05) is 67.6 Å². The minimum atomic E-state index is 0.806. The number of anilines is 4. The Morgan fingerprint density at radius 2 is 0.925 bits per heavy atom. The van der Waals surface area contributed by atoms with Crippen LogP contribution in [-0.4, -0.2) is 0 Å². The smallest absolute Gasteiger partial charge is 0.181 e. The molecule has 1 aliphatic rings. The SMILES string of the molecule is CCc1ccc(CN2c3cc(C)ccc3N(Cc3ccc(C[n+]4c(C)cc(Cc5cc(C)[n+](C)c(C)c5C)c(C)c4C)cc3)c3ccc(C)cc32)cc1. The molecule has 0 saturated carbocycles. The van der Waals surface area contributed by atoms with E-state index in [0.29, 0.717) is 0 Å². The highest BCUT2D eigenvalue weighted by Crippen LogP contribution is 2.49. The van der Waals surface area contributed by atoms with Crippen molar-refractivity contribution in [3.8, 4) is 0 Å². The van der Waals surface area contributed by atoms with Crippen LogP contribution in [0.3, 0.4) is 0 Å². The number of hydrogen-bond donors (Lipinski definition) is 0. The molecule has 0 amide bonds. The lowest BCUT2D eigenvalue weighted by Gasteiger charge is -2.41. The highest BCUT2D eigenvalue weighted by atomic mass is 15.3. The first kappa shape index (κ1) is 36.2. The van der Waals surface area contributed by atoms with Gasteiger partial charge in [-0.3, -0.25) is 0 Å². The fourth-order valence-electron chi connectivity index (χ4n) is 8.09. The van der Waals surface area contributed by atoms with Crippen LogP contribution in [0.2, 0.25) is 0 Å². The van der Waals surface area contributed by atoms with Crippen LogP contribution in [0.25, 0.3) is 0 Å². The first-order valence-electron chi connectivity index (χ1n) is 19.3. The fraction of sp³-hybridized carbons (Fsp3) is 0.306. The summed E-state index contributed by atoms with van der Waals surface area (Å²) >= 11 is 0. The molecule has 3 heterocycles. The Bertz CT molecular complexity index is 2260. The second-order valence-corrected chi connectivity index (χ2v) is 15.5. The highest BCUT2D eigenvalue weighted by molar-refractivity contribution is 5.93. The van der Waals surface area contributed by atoms with Crippen molar-refractivity contribution in [3.05, 3.63) is 175 Å². The summed E-state index contributed by atoms with van der Waals surface area (Å²) in [5.41, 5.74) is 23.8. The van der Waals surface area contributed by atoms with Crippen molar-refractivity contribution in [2.24, 2.45) is 7.05 Å². The Hall–Kier alpha value is -5.22. The second kappa shape index (κ2) is 14.7. The third-order valence-electron chi connectivity index (χ3n) is 12.0. The van der Waals surface area contributed by atoms with Crippen molar-refractivity contribution in [3.63, 3.8) is 0 Å². The van der Waals surface area contributed by atoms with Gasteiger partial charge in [0.05, 0.1) is 22.7 Å². The molecule has 270 valence electrons. The molecule has 4 aromatic carbocycles. The van der Waals surface area contributed by atoms with Crippen molar-refractivity contribution in [1.29, 1.82) is 0 Å². The Labute approximate surface area is 318 Å². The lowest BCUT2D eigenvalue weighted by atomic mass is 9.95. The number of benzene rings is 4.